The number of halogens is 1. The molecule has 15 atom stereocenters. The van der Waals surface area contributed by atoms with Crippen LogP contribution in [0.3, 0.4) is 0 Å². The number of carbonyl (C=O) groups is 4. The van der Waals surface area contributed by atoms with Gasteiger partial charge in [0.2, 0.25) is 5.79 Å². The van der Waals surface area contributed by atoms with Gasteiger partial charge in [-0.15, -0.1) is 0 Å². The Bertz CT molecular complexity index is 2020. The van der Waals surface area contributed by atoms with Crippen molar-refractivity contribution in [3.8, 4) is 0 Å². The van der Waals surface area contributed by atoms with Gasteiger partial charge in [0, 0.05) is 49.4 Å². The number of aliphatic hydroxyl groups is 3. The molecule has 0 spiro atoms. The largest absolute Gasteiger partial charge is 0.461 e. The van der Waals surface area contributed by atoms with Crippen LogP contribution in [0.2, 0.25) is 5.02 Å². The van der Waals surface area contributed by atoms with Crippen LogP contribution >= 0.6 is 11.6 Å². The summed E-state index contributed by atoms with van der Waals surface area (Å²) in [5, 5.41) is 38.4. The maximum atomic E-state index is 14.5. The smallest absolute Gasteiger partial charge is 0.329 e. The van der Waals surface area contributed by atoms with Gasteiger partial charge in [-0.05, 0) is 151 Å². The highest BCUT2D eigenvalue weighted by atomic mass is 35.5. The van der Waals surface area contributed by atoms with Crippen molar-refractivity contribution in [1.29, 1.82) is 0 Å². The van der Waals surface area contributed by atoms with Crippen LogP contribution < -0.4 is 5.32 Å². The van der Waals surface area contributed by atoms with Crippen LogP contribution in [0.25, 0.3) is 0 Å². The lowest BCUT2D eigenvalue weighted by molar-refractivity contribution is -0.263. The van der Waals surface area contributed by atoms with E-state index in [9.17, 15) is 34.5 Å². The molecule has 3 aliphatic heterocycles. The Balaban J connectivity index is 1.48. The van der Waals surface area contributed by atoms with Gasteiger partial charge in [-0.2, -0.15) is 0 Å². The number of cyclic esters (lactones) is 1. The van der Waals surface area contributed by atoms with Crippen molar-refractivity contribution in [2.24, 2.45) is 35.5 Å². The summed E-state index contributed by atoms with van der Waals surface area (Å²) < 4.78 is 24.1. The fraction of sp³-hybridized carbons (Fsp3) is 0.679. The first kappa shape index (κ1) is 57.2. The molecule has 390 valence electrons. The number of carbonyl (C=O) groups excluding carboxylic acids is 4. The number of nitrogens with one attached hydrogen (secondary N) is 1. The van der Waals surface area contributed by atoms with Crippen LogP contribution in [0.5, 0.6) is 0 Å². The van der Waals surface area contributed by atoms with Crippen molar-refractivity contribution in [3.05, 3.63) is 76.9 Å². The molecular weight excluding hydrogens is 912 g/mol. The molecule has 0 radical (unpaired) electrons. The van der Waals surface area contributed by atoms with E-state index in [1.807, 2.05) is 76.3 Å². The summed E-state index contributed by atoms with van der Waals surface area (Å²) in [5.41, 5.74) is 2.37. The first-order chi connectivity index (χ1) is 33.3. The lowest BCUT2D eigenvalue weighted by Gasteiger charge is -2.43. The van der Waals surface area contributed by atoms with Gasteiger partial charge < -0.3 is 44.5 Å². The number of anilines is 1. The molecule has 4 aliphatic rings. The third kappa shape index (κ3) is 15.4. The van der Waals surface area contributed by atoms with Crippen molar-refractivity contribution in [3.63, 3.8) is 0 Å². The van der Waals surface area contributed by atoms with Gasteiger partial charge in [0.25, 0.3) is 11.7 Å². The summed E-state index contributed by atoms with van der Waals surface area (Å²) in [4.78, 5) is 58.5. The number of rotatable bonds is 7. The van der Waals surface area contributed by atoms with Crippen LogP contribution in [0.4, 0.5) is 5.69 Å². The first-order valence-corrected chi connectivity index (χ1v) is 26.3. The summed E-state index contributed by atoms with van der Waals surface area (Å²) >= 11 is 6.22. The van der Waals surface area contributed by atoms with E-state index in [4.69, 9.17) is 30.5 Å². The number of piperidine rings is 1. The van der Waals surface area contributed by atoms with Crippen molar-refractivity contribution in [2.75, 3.05) is 26.1 Å². The highest BCUT2D eigenvalue weighted by Crippen LogP contribution is 2.38. The average Bonchev–Trinajstić information content (AvgIpc) is 3.33. The number of ketones is 2. The maximum absolute atomic E-state index is 14.5. The van der Waals surface area contributed by atoms with Crippen LogP contribution in [0.15, 0.2) is 71.9 Å². The number of hydrogen-bond donors (Lipinski definition) is 4. The molecular formula is C56H83ClN2O11. The van der Waals surface area contributed by atoms with Crippen molar-refractivity contribution >= 4 is 40.7 Å². The van der Waals surface area contributed by atoms with Gasteiger partial charge >= 0.3 is 5.97 Å². The third-order valence-electron chi connectivity index (χ3n) is 15.5. The number of allylic oxidation sites excluding steroid dienone is 6. The monoisotopic (exact) mass is 995 g/mol. The molecule has 3 heterocycles. The van der Waals surface area contributed by atoms with Crippen LogP contribution in [-0.4, -0.2) is 119 Å². The Morgan fingerprint density at radius 1 is 0.843 bits per heavy atom. The molecule has 70 heavy (non-hydrogen) atoms. The maximum Gasteiger partial charge on any atom is 0.329 e. The Kier molecular flexibility index (Phi) is 21.9. The lowest BCUT2D eigenvalue weighted by Crippen LogP contribution is -2.61. The Morgan fingerprint density at radius 3 is 2.27 bits per heavy atom. The molecule has 2 saturated heterocycles. The predicted molar refractivity (Wildman–Crippen MR) is 273 cm³/mol. The molecule has 1 amide bonds. The third-order valence-corrected chi connectivity index (χ3v) is 15.7. The molecule has 0 unspecified atom stereocenters. The zero-order valence-electron chi connectivity index (χ0n) is 43.2. The number of aliphatic hydroxyl groups excluding tert-OH is 2. The van der Waals surface area contributed by atoms with Crippen molar-refractivity contribution < 1.29 is 53.4 Å². The normalized spacial score (nSPS) is 38.2. The molecule has 1 aromatic rings. The number of esters is 1. The number of nitrogens with zero attached hydrogens (tertiary/aromatic N) is 1. The van der Waals surface area contributed by atoms with Crippen molar-refractivity contribution in [1.82, 2.24) is 4.90 Å². The predicted octanol–water partition coefficient (Wildman–Crippen LogP) is 9.12. The Labute approximate surface area is 422 Å². The fourth-order valence-electron chi connectivity index (χ4n) is 11.0. The number of amides is 1. The summed E-state index contributed by atoms with van der Waals surface area (Å²) in [6.07, 6.45) is 14.9. The molecule has 1 aromatic carbocycles. The average molecular weight is 996 g/mol. The zero-order chi connectivity index (χ0) is 51.3. The second kappa shape index (κ2) is 26.8. The molecule has 14 heteroatoms. The highest BCUT2D eigenvalue weighted by Gasteiger charge is 2.53. The summed E-state index contributed by atoms with van der Waals surface area (Å²) in [5.74, 6) is -6.24. The van der Waals surface area contributed by atoms with Crippen molar-refractivity contribution in [2.45, 2.75) is 186 Å². The van der Waals surface area contributed by atoms with Gasteiger partial charge in [0.1, 0.15) is 24.4 Å². The van der Waals surface area contributed by atoms with Crippen LogP contribution in [-0.2, 0) is 38.1 Å². The Morgan fingerprint density at radius 2 is 1.57 bits per heavy atom. The molecule has 1 aliphatic carbocycles. The number of benzene rings is 1. The molecule has 0 aromatic heterocycles. The Hall–Kier alpha value is -3.69. The lowest BCUT2D eigenvalue weighted by atomic mass is 9.78. The molecule has 13 nitrogen and oxygen atoms in total. The standard InChI is InChI=1S/C56H83ClN2O11/c1-34-15-11-10-12-16-36(3)45(58-43-23-21-42(57)22-24-43)33-44-25-19-40(7)56(66,70-44)53(63)54(64)59-28-14-13-17-46(59)55(65)69-48(37(4)31-41-20-26-47(60)49(32-41)67-8)27-18-35(2)30-39(6)51(62)52(68-9)50(61)38(5)29-34/h10-12,15-16,21-24,30,34-35,37-38,40-41,44-49,51-52,58,60,62,66H,13-14,17-20,25-29,31-33H2,1-9H3/b12-10+,15-11+,36-16+,39-30+/t34-,35+,37-,38-,40-,41-,44+,45+,46+,47-,48+,49-,51-,52+,56-/m1/s1. The molecule has 4 N–H and O–H groups in total. The van der Waals surface area contributed by atoms with E-state index >= 15 is 0 Å². The second-order valence-electron chi connectivity index (χ2n) is 21.2. The van der Waals surface area contributed by atoms with Gasteiger partial charge in [-0.1, -0.05) is 88.2 Å². The first-order valence-electron chi connectivity index (χ1n) is 25.9. The van der Waals surface area contributed by atoms with E-state index in [0.29, 0.717) is 87.6 Å². The summed E-state index contributed by atoms with van der Waals surface area (Å²) in [7, 11) is 3.05. The van der Waals surface area contributed by atoms with E-state index in [1.54, 1.807) is 33.1 Å². The minimum absolute atomic E-state index is 0.0471. The van der Waals surface area contributed by atoms with E-state index in [-0.39, 0.29) is 54.1 Å². The number of methoxy groups -OCH3 is 2. The van der Waals surface area contributed by atoms with Crippen LogP contribution in [0.1, 0.15) is 132 Å². The van der Waals surface area contributed by atoms with Gasteiger partial charge in [0.05, 0.1) is 18.3 Å². The van der Waals surface area contributed by atoms with Crippen LogP contribution in [0, 0.1) is 35.5 Å². The van der Waals surface area contributed by atoms with Gasteiger partial charge in [-0.3, -0.25) is 14.4 Å². The number of hydrogen-bond acceptors (Lipinski definition) is 12. The van der Waals surface area contributed by atoms with Gasteiger partial charge in [-0.25, -0.2) is 4.79 Å². The molecule has 2 bridgehead atoms. The summed E-state index contributed by atoms with van der Waals surface area (Å²) in [6.45, 7) is 13.6. The topological polar surface area (TPSA) is 181 Å². The quantitative estimate of drug-likeness (QED) is 0.116. The zero-order valence-corrected chi connectivity index (χ0v) is 43.9. The highest BCUT2D eigenvalue weighted by molar-refractivity contribution is 6.39. The fourth-order valence-corrected chi connectivity index (χ4v) is 11.1. The van der Waals surface area contributed by atoms with E-state index < -0.39 is 65.9 Å². The molecule has 3 fully saturated rings. The van der Waals surface area contributed by atoms with E-state index in [1.165, 1.54) is 12.0 Å². The van der Waals surface area contributed by atoms with E-state index in [0.717, 1.165) is 17.7 Å². The number of ether oxygens (including phenoxy) is 4. The second-order valence-corrected chi connectivity index (χ2v) is 21.6. The number of fused-ring (bicyclic) bond motifs is 3. The number of Topliss-reactive ketones (excluding diaryl/α,β-unsaturated/α-hetero) is 2. The minimum atomic E-state index is -2.41. The summed E-state index contributed by atoms with van der Waals surface area (Å²) in [6, 6.07) is 5.99. The minimum Gasteiger partial charge on any atom is -0.461 e. The SMILES string of the molecule is CO[C@@H]1C[C@@H](C[C@@H](C)[C@@H]2CC[C@H](C)/C=C(\C)[C@@H](O)[C@@H](OC)C(=O)[C@H](C)C[C@H](C)/C=C/C=C/C=C(\C)[C@@H](Nc3ccc(Cl)cc3)C[C@@H]3CC[C@@H](C)[C@@](O)(O3)C(=O)C(=O)N3CCCC[C@H]3C(=O)O2)CC[C@H]1O. The van der Waals surface area contributed by atoms with E-state index in [2.05, 4.69) is 12.2 Å². The molecule has 5 rings (SSSR count). The molecule has 1 saturated carbocycles. The van der Waals surface area contributed by atoms with Gasteiger partial charge in [0.15, 0.2) is 5.78 Å².